The molecule has 0 bridgehead atoms. The molecule has 1 atom stereocenters. The lowest BCUT2D eigenvalue weighted by Gasteiger charge is -1.98. The van der Waals surface area contributed by atoms with Gasteiger partial charge in [0.15, 0.2) is 0 Å². The number of hydrogen-bond donors (Lipinski definition) is 1. The number of hydrogen-bond acceptors (Lipinski definition) is 2. The quantitative estimate of drug-likeness (QED) is 0.734. The highest BCUT2D eigenvalue weighted by Crippen LogP contribution is 2.04. The monoisotopic (exact) mass is 190 g/mol. The van der Waals surface area contributed by atoms with Crippen LogP contribution in [0.2, 0.25) is 0 Å². The average Bonchev–Trinajstić information content (AvgIpc) is 2.03. The Kier molecular flexibility index (Phi) is 3.33. The topological polar surface area (TPSA) is 46.5 Å². The third-order valence-electron chi connectivity index (χ3n) is 1.24. The molecule has 0 aliphatic carbocycles. The SMILES string of the molecule is O=S(O)OCc1ccc(F)cc1. The van der Waals surface area contributed by atoms with Crippen molar-refractivity contribution in [3.8, 4) is 0 Å². The summed E-state index contributed by atoms with van der Waals surface area (Å²) in [5, 5.41) is 0. The second-order valence-electron chi connectivity index (χ2n) is 2.11. The molecule has 1 unspecified atom stereocenters. The average molecular weight is 190 g/mol. The van der Waals surface area contributed by atoms with Crippen LogP contribution in [-0.4, -0.2) is 8.76 Å². The van der Waals surface area contributed by atoms with Crippen LogP contribution in [0.1, 0.15) is 5.56 Å². The summed E-state index contributed by atoms with van der Waals surface area (Å²) < 4.78 is 35.0. The summed E-state index contributed by atoms with van der Waals surface area (Å²) in [6.07, 6.45) is 0. The largest absolute Gasteiger partial charge is 0.302 e. The van der Waals surface area contributed by atoms with Crippen molar-refractivity contribution in [2.75, 3.05) is 0 Å². The summed E-state index contributed by atoms with van der Waals surface area (Å²) in [5.41, 5.74) is 0.652. The number of rotatable bonds is 3. The third kappa shape index (κ3) is 3.08. The normalized spacial score (nSPS) is 12.8. The maximum Gasteiger partial charge on any atom is 0.302 e. The lowest BCUT2D eigenvalue weighted by molar-refractivity contribution is 0.297. The standard InChI is InChI=1S/C7H7FO3S/c8-7-3-1-6(2-4-7)5-11-12(9)10/h1-4H,5H2,(H,9,10). The van der Waals surface area contributed by atoms with Crippen LogP contribution in [0.15, 0.2) is 24.3 Å². The third-order valence-corrected chi connectivity index (χ3v) is 1.56. The lowest BCUT2D eigenvalue weighted by Crippen LogP contribution is -1.95. The summed E-state index contributed by atoms with van der Waals surface area (Å²) in [6.45, 7) is 0.00336. The minimum absolute atomic E-state index is 0.00336. The van der Waals surface area contributed by atoms with E-state index in [0.717, 1.165) is 0 Å². The first-order chi connectivity index (χ1) is 5.68. The van der Waals surface area contributed by atoms with Crippen LogP contribution in [0.3, 0.4) is 0 Å². The molecule has 0 heterocycles. The molecule has 0 saturated heterocycles. The molecule has 0 fully saturated rings. The van der Waals surface area contributed by atoms with E-state index in [9.17, 15) is 8.60 Å². The van der Waals surface area contributed by atoms with Crippen LogP contribution in [0.5, 0.6) is 0 Å². The summed E-state index contributed by atoms with van der Waals surface area (Å²) in [5.74, 6) is -0.344. The first-order valence-electron chi connectivity index (χ1n) is 3.17. The molecule has 1 rings (SSSR count). The van der Waals surface area contributed by atoms with Crippen molar-refractivity contribution < 1.29 is 17.3 Å². The Morgan fingerprint density at radius 1 is 1.42 bits per heavy atom. The Hall–Kier alpha value is -0.780. The molecule has 1 aromatic carbocycles. The van der Waals surface area contributed by atoms with Crippen molar-refractivity contribution >= 4 is 11.4 Å². The molecule has 66 valence electrons. The van der Waals surface area contributed by atoms with E-state index in [1.807, 2.05) is 0 Å². The minimum atomic E-state index is -2.27. The van der Waals surface area contributed by atoms with Crippen molar-refractivity contribution in [1.82, 2.24) is 0 Å². The van der Waals surface area contributed by atoms with Gasteiger partial charge in [-0.15, -0.1) is 0 Å². The Bertz CT molecular complexity index is 272. The minimum Gasteiger partial charge on any atom is -0.284 e. The Balaban J connectivity index is 2.53. The fraction of sp³-hybridized carbons (Fsp3) is 0.143. The van der Waals surface area contributed by atoms with Crippen LogP contribution >= 0.6 is 0 Å². The summed E-state index contributed by atoms with van der Waals surface area (Å²) in [6, 6.07) is 5.50. The van der Waals surface area contributed by atoms with E-state index in [2.05, 4.69) is 4.18 Å². The lowest BCUT2D eigenvalue weighted by atomic mass is 10.2. The van der Waals surface area contributed by atoms with Gasteiger partial charge in [-0.2, -0.15) is 4.21 Å². The number of benzene rings is 1. The first kappa shape index (κ1) is 9.31. The van der Waals surface area contributed by atoms with E-state index in [1.54, 1.807) is 0 Å². The summed E-state index contributed by atoms with van der Waals surface area (Å²) in [7, 11) is 0. The number of halogens is 1. The van der Waals surface area contributed by atoms with Gasteiger partial charge in [0.2, 0.25) is 0 Å². The highest BCUT2D eigenvalue weighted by Gasteiger charge is 1.96. The zero-order chi connectivity index (χ0) is 8.97. The van der Waals surface area contributed by atoms with Gasteiger partial charge in [-0.3, -0.25) is 8.74 Å². The van der Waals surface area contributed by atoms with Gasteiger partial charge in [0.1, 0.15) is 5.82 Å². The molecule has 5 heteroatoms. The maximum atomic E-state index is 12.3. The van der Waals surface area contributed by atoms with Crippen LogP contribution in [0.4, 0.5) is 4.39 Å². The van der Waals surface area contributed by atoms with Gasteiger partial charge in [0, 0.05) is 0 Å². The fourth-order valence-electron chi connectivity index (χ4n) is 0.699. The molecular formula is C7H7FO3S. The van der Waals surface area contributed by atoms with Crippen LogP contribution in [0, 0.1) is 5.82 Å². The predicted molar refractivity (Wildman–Crippen MR) is 42.0 cm³/mol. The zero-order valence-electron chi connectivity index (χ0n) is 6.07. The van der Waals surface area contributed by atoms with Gasteiger partial charge < -0.3 is 0 Å². The molecule has 12 heavy (non-hydrogen) atoms. The van der Waals surface area contributed by atoms with E-state index in [-0.39, 0.29) is 12.4 Å². The van der Waals surface area contributed by atoms with Gasteiger partial charge in [0.25, 0.3) is 0 Å². The van der Waals surface area contributed by atoms with Gasteiger partial charge in [0.05, 0.1) is 6.61 Å². The molecule has 0 radical (unpaired) electrons. The fourth-order valence-corrected chi connectivity index (χ4v) is 0.936. The van der Waals surface area contributed by atoms with Crippen molar-refractivity contribution in [2.45, 2.75) is 6.61 Å². The molecular weight excluding hydrogens is 183 g/mol. The first-order valence-corrected chi connectivity index (χ1v) is 4.20. The molecule has 0 aliphatic rings. The molecule has 0 spiro atoms. The molecule has 0 aromatic heterocycles. The Labute approximate surface area is 71.7 Å². The van der Waals surface area contributed by atoms with Crippen LogP contribution < -0.4 is 0 Å². The van der Waals surface area contributed by atoms with Crippen molar-refractivity contribution in [3.05, 3.63) is 35.6 Å². The molecule has 1 N–H and O–H groups in total. The van der Waals surface area contributed by atoms with Crippen LogP contribution in [-0.2, 0) is 22.2 Å². The Morgan fingerprint density at radius 2 is 2.00 bits per heavy atom. The van der Waals surface area contributed by atoms with Crippen LogP contribution in [0.25, 0.3) is 0 Å². The summed E-state index contributed by atoms with van der Waals surface area (Å²) in [4.78, 5) is 0. The predicted octanol–water partition coefficient (Wildman–Crippen LogP) is 1.48. The highest BCUT2D eigenvalue weighted by molar-refractivity contribution is 7.74. The van der Waals surface area contributed by atoms with E-state index in [1.165, 1.54) is 24.3 Å². The smallest absolute Gasteiger partial charge is 0.284 e. The van der Waals surface area contributed by atoms with Gasteiger partial charge in [-0.25, -0.2) is 4.39 Å². The van der Waals surface area contributed by atoms with E-state index in [4.69, 9.17) is 4.55 Å². The highest BCUT2D eigenvalue weighted by atomic mass is 32.2. The van der Waals surface area contributed by atoms with Crippen molar-refractivity contribution in [1.29, 1.82) is 0 Å². The van der Waals surface area contributed by atoms with E-state index < -0.39 is 11.4 Å². The van der Waals surface area contributed by atoms with Crippen molar-refractivity contribution in [3.63, 3.8) is 0 Å². The Morgan fingerprint density at radius 3 is 2.50 bits per heavy atom. The van der Waals surface area contributed by atoms with Gasteiger partial charge in [-0.1, -0.05) is 12.1 Å². The van der Waals surface area contributed by atoms with Gasteiger partial charge >= 0.3 is 11.4 Å². The molecule has 3 nitrogen and oxygen atoms in total. The van der Waals surface area contributed by atoms with Gasteiger partial charge in [-0.05, 0) is 17.7 Å². The second kappa shape index (κ2) is 4.30. The molecule has 0 amide bonds. The zero-order valence-corrected chi connectivity index (χ0v) is 6.88. The van der Waals surface area contributed by atoms with E-state index >= 15 is 0 Å². The molecule has 0 saturated carbocycles. The second-order valence-corrected chi connectivity index (χ2v) is 2.78. The van der Waals surface area contributed by atoms with E-state index in [0.29, 0.717) is 5.56 Å². The molecule has 0 aliphatic heterocycles. The van der Waals surface area contributed by atoms with Crippen molar-refractivity contribution in [2.24, 2.45) is 0 Å². The molecule has 1 aromatic rings. The maximum absolute atomic E-state index is 12.3. The summed E-state index contributed by atoms with van der Waals surface area (Å²) >= 11 is -2.27.